The minimum Gasteiger partial charge on any atom is -0.355 e. The number of piperazine rings is 1. The zero-order valence-electron chi connectivity index (χ0n) is 11.6. The number of likely N-dealkylation sites (N-methyl/N-ethyl adjacent to an activating group) is 1. The molecule has 1 atom stereocenters. The van der Waals surface area contributed by atoms with Gasteiger partial charge in [-0.2, -0.15) is 0 Å². The van der Waals surface area contributed by atoms with Crippen LogP contribution in [-0.2, 0) is 4.79 Å². The number of hydrogen-bond acceptors (Lipinski definition) is 4. The highest BCUT2D eigenvalue weighted by Crippen LogP contribution is 2.15. The van der Waals surface area contributed by atoms with E-state index in [0.717, 1.165) is 52.4 Å². The lowest BCUT2D eigenvalue weighted by Gasteiger charge is -2.33. The maximum Gasteiger partial charge on any atom is 0.223 e. The zero-order chi connectivity index (χ0) is 13.0. The molecule has 0 radical (unpaired) electrons. The highest BCUT2D eigenvalue weighted by atomic mass is 16.1. The van der Waals surface area contributed by atoms with Crippen molar-refractivity contribution < 1.29 is 4.79 Å². The maximum absolute atomic E-state index is 11.9. The largest absolute Gasteiger partial charge is 0.355 e. The maximum atomic E-state index is 11.9. The third kappa shape index (κ3) is 3.67. The van der Waals surface area contributed by atoms with Crippen molar-refractivity contribution in [2.45, 2.75) is 6.92 Å². The second kappa shape index (κ2) is 6.50. The van der Waals surface area contributed by atoms with Crippen LogP contribution in [0, 0.1) is 11.8 Å². The van der Waals surface area contributed by atoms with E-state index in [0.29, 0.717) is 5.92 Å². The molecule has 1 unspecified atom stereocenters. The Balaban J connectivity index is 1.58. The van der Waals surface area contributed by atoms with Crippen molar-refractivity contribution in [3.63, 3.8) is 0 Å². The Morgan fingerprint density at radius 1 is 1.33 bits per heavy atom. The average molecular weight is 254 g/mol. The van der Waals surface area contributed by atoms with Crippen molar-refractivity contribution in [1.29, 1.82) is 0 Å². The predicted octanol–water partition coefficient (Wildman–Crippen LogP) is -0.794. The van der Waals surface area contributed by atoms with Gasteiger partial charge in [0.1, 0.15) is 0 Å². The molecular weight excluding hydrogens is 228 g/mol. The predicted molar refractivity (Wildman–Crippen MR) is 72.5 cm³/mol. The second-order valence-corrected chi connectivity index (χ2v) is 5.64. The van der Waals surface area contributed by atoms with Gasteiger partial charge in [0.2, 0.25) is 5.91 Å². The SMILES string of the molecule is CC(C(=O)NCCN1CCN(C)CC1)C1CNC1. The first-order valence-electron chi connectivity index (χ1n) is 7.06. The molecule has 0 aromatic carbocycles. The smallest absolute Gasteiger partial charge is 0.223 e. The monoisotopic (exact) mass is 254 g/mol. The van der Waals surface area contributed by atoms with E-state index in [9.17, 15) is 4.79 Å². The summed E-state index contributed by atoms with van der Waals surface area (Å²) in [7, 11) is 2.16. The van der Waals surface area contributed by atoms with Crippen LogP contribution in [0.5, 0.6) is 0 Å². The van der Waals surface area contributed by atoms with Gasteiger partial charge in [-0.1, -0.05) is 6.92 Å². The van der Waals surface area contributed by atoms with Crippen molar-refractivity contribution in [2.75, 3.05) is 59.4 Å². The number of carbonyl (C=O) groups is 1. The summed E-state index contributed by atoms with van der Waals surface area (Å²) < 4.78 is 0. The highest BCUT2D eigenvalue weighted by molar-refractivity contribution is 5.78. The summed E-state index contributed by atoms with van der Waals surface area (Å²) in [6.45, 7) is 10.3. The fourth-order valence-electron chi connectivity index (χ4n) is 2.45. The van der Waals surface area contributed by atoms with Crippen LogP contribution in [0.15, 0.2) is 0 Å². The van der Waals surface area contributed by atoms with E-state index >= 15 is 0 Å². The minimum atomic E-state index is 0.152. The average Bonchev–Trinajstić information content (AvgIpc) is 2.29. The first-order valence-corrected chi connectivity index (χ1v) is 7.06. The second-order valence-electron chi connectivity index (χ2n) is 5.64. The van der Waals surface area contributed by atoms with Crippen LogP contribution in [0.4, 0.5) is 0 Å². The van der Waals surface area contributed by atoms with Crippen molar-refractivity contribution in [3.8, 4) is 0 Å². The van der Waals surface area contributed by atoms with Crippen LogP contribution in [0.2, 0.25) is 0 Å². The Bertz CT molecular complexity index is 272. The lowest BCUT2D eigenvalue weighted by atomic mass is 9.88. The van der Waals surface area contributed by atoms with Crippen LogP contribution in [0.1, 0.15) is 6.92 Å². The molecule has 0 saturated carbocycles. The summed E-state index contributed by atoms with van der Waals surface area (Å²) in [5.41, 5.74) is 0. The summed E-state index contributed by atoms with van der Waals surface area (Å²) in [4.78, 5) is 16.7. The van der Waals surface area contributed by atoms with Gasteiger partial charge < -0.3 is 15.5 Å². The van der Waals surface area contributed by atoms with Crippen LogP contribution < -0.4 is 10.6 Å². The van der Waals surface area contributed by atoms with Gasteiger partial charge in [0, 0.05) is 45.2 Å². The lowest BCUT2D eigenvalue weighted by molar-refractivity contribution is -0.126. The molecule has 2 aliphatic rings. The highest BCUT2D eigenvalue weighted by Gasteiger charge is 2.28. The fourth-order valence-corrected chi connectivity index (χ4v) is 2.45. The zero-order valence-corrected chi connectivity index (χ0v) is 11.6. The standard InChI is InChI=1S/C13H26N4O/c1-11(12-9-14-10-12)13(18)15-3-4-17-7-5-16(2)6-8-17/h11-12,14H,3-10H2,1-2H3,(H,15,18). The van der Waals surface area contributed by atoms with Gasteiger partial charge in [-0.15, -0.1) is 0 Å². The molecule has 2 aliphatic heterocycles. The summed E-state index contributed by atoms with van der Waals surface area (Å²) >= 11 is 0. The van der Waals surface area contributed by atoms with Crippen molar-refractivity contribution >= 4 is 5.91 Å². The molecule has 2 rings (SSSR count). The minimum absolute atomic E-state index is 0.152. The molecular formula is C13H26N4O. The molecule has 0 aliphatic carbocycles. The summed E-state index contributed by atoms with van der Waals surface area (Å²) in [5, 5.41) is 6.28. The molecule has 2 saturated heterocycles. The number of carbonyl (C=O) groups excluding carboxylic acids is 1. The van der Waals surface area contributed by atoms with Gasteiger partial charge in [0.05, 0.1) is 0 Å². The van der Waals surface area contributed by atoms with Gasteiger partial charge in [-0.25, -0.2) is 0 Å². The Hall–Kier alpha value is -0.650. The molecule has 0 aromatic rings. The van der Waals surface area contributed by atoms with E-state index < -0.39 is 0 Å². The molecule has 104 valence electrons. The van der Waals surface area contributed by atoms with E-state index in [4.69, 9.17) is 0 Å². The van der Waals surface area contributed by atoms with Crippen molar-refractivity contribution in [3.05, 3.63) is 0 Å². The van der Waals surface area contributed by atoms with Crippen LogP contribution in [-0.4, -0.2) is 75.1 Å². The quantitative estimate of drug-likeness (QED) is 0.675. The molecule has 5 nitrogen and oxygen atoms in total. The number of hydrogen-bond donors (Lipinski definition) is 2. The van der Waals surface area contributed by atoms with Gasteiger partial charge >= 0.3 is 0 Å². The first kappa shape index (κ1) is 13.8. The van der Waals surface area contributed by atoms with E-state index in [1.165, 1.54) is 0 Å². The van der Waals surface area contributed by atoms with Gasteiger partial charge in [0.15, 0.2) is 0 Å². The fraction of sp³-hybridized carbons (Fsp3) is 0.923. The van der Waals surface area contributed by atoms with Crippen LogP contribution >= 0.6 is 0 Å². The number of amides is 1. The molecule has 0 spiro atoms. The Kier molecular flexibility index (Phi) is 4.97. The van der Waals surface area contributed by atoms with Gasteiger partial charge in [-0.05, 0) is 26.1 Å². The molecule has 0 bridgehead atoms. The van der Waals surface area contributed by atoms with E-state index in [1.807, 2.05) is 6.92 Å². The summed E-state index contributed by atoms with van der Waals surface area (Å²) in [6, 6.07) is 0. The van der Waals surface area contributed by atoms with Gasteiger partial charge in [-0.3, -0.25) is 9.69 Å². The molecule has 18 heavy (non-hydrogen) atoms. The van der Waals surface area contributed by atoms with E-state index in [1.54, 1.807) is 0 Å². The Morgan fingerprint density at radius 2 is 2.00 bits per heavy atom. The molecule has 2 heterocycles. The third-order valence-electron chi connectivity index (χ3n) is 4.26. The van der Waals surface area contributed by atoms with Crippen molar-refractivity contribution in [2.24, 2.45) is 11.8 Å². The molecule has 2 fully saturated rings. The summed E-state index contributed by atoms with van der Waals surface area (Å²) in [6.07, 6.45) is 0. The summed E-state index contributed by atoms with van der Waals surface area (Å²) in [5.74, 6) is 0.906. The van der Waals surface area contributed by atoms with Crippen molar-refractivity contribution in [1.82, 2.24) is 20.4 Å². The van der Waals surface area contributed by atoms with Gasteiger partial charge in [0.25, 0.3) is 0 Å². The van der Waals surface area contributed by atoms with Crippen LogP contribution in [0.25, 0.3) is 0 Å². The molecule has 5 heteroatoms. The van der Waals surface area contributed by atoms with E-state index in [-0.39, 0.29) is 11.8 Å². The molecule has 1 amide bonds. The third-order valence-corrected chi connectivity index (χ3v) is 4.26. The first-order chi connectivity index (χ1) is 8.66. The normalized spacial score (nSPS) is 24.6. The number of nitrogens with zero attached hydrogens (tertiary/aromatic N) is 2. The Labute approximate surface area is 110 Å². The number of rotatable bonds is 5. The number of nitrogens with one attached hydrogen (secondary N) is 2. The van der Waals surface area contributed by atoms with E-state index in [2.05, 4.69) is 27.5 Å². The topological polar surface area (TPSA) is 47.6 Å². The molecule has 2 N–H and O–H groups in total. The lowest BCUT2D eigenvalue weighted by Crippen LogP contribution is -2.51. The molecule has 0 aromatic heterocycles. The van der Waals surface area contributed by atoms with Crippen LogP contribution in [0.3, 0.4) is 0 Å². The Morgan fingerprint density at radius 3 is 2.56 bits per heavy atom.